The maximum Gasteiger partial charge on any atom is 0.251 e. The van der Waals surface area contributed by atoms with E-state index in [1.54, 1.807) is 4.90 Å². The maximum absolute atomic E-state index is 12.0. The SMILES string of the molecule is CCCC[C@@H](CO)[C@@H](O)C(=O)N1CCOCC1. The number of rotatable bonds is 6. The molecular formula is C12H23NO4. The molecule has 0 aliphatic carbocycles. The molecule has 5 nitrogen and oxygen atoms in total. The summed E-state index contributed by atoms with van der Waals surface area (Å²) < 4.78 is 5.16. The van der Waals surface area contributed by atoms with Gasteiger partial charge in [0.1, 0.15) is 6.10 Å². The second-order valence-electron chi connectivity index (χ2n) is 4.47. The molecule has 1 saturated heterocycles. The van der Waals surface area contributed by atoms with Crippen LogP contribution in [-0.2, 0) is 9.53 Å². The van der Waals surface area contributed by atoms with Crippen molar-refractivity contribution in [3.8, 4) is 0 Å². The molecule has 0 radical (unpaired) electrons. The highest BCUT2D eigenvalue weighted by atomic mass is 16.5. The fourth-order valence-electron chi connectivity index (χ4n) is 1.99. The van der Waals surface area contributed by atoms with Crippen molar-refractivity contribution in [1.29, 1.82) is 0 Å². The molecule has 2 N–H and O–H groups in total. The van der Waals surface area contributed by atoms with Gasteiger partial charge < -0.3 is 19.8 Å². The summed E-state index contributed by atoms with van der Waals surface area (Å²) in [6.07, 6.45) is 1.52. The number of nitrogens with zero attached hydrogens (tertiary/aromatic N) is 1. The van der Waals surface area contributed by atoms with Crippen molar-refractivity contribution in [1.82, 2.24) is 4.90 Å². The van der Waals surface area contributed by atoms with Crippen LogP contribution < -0.4 is 0 Å². The standard InChI is InChI=1S/C12H23NO4/c1-2-3-4-10(9-14)11(15)12(16)13-5-7-17-8-6-13/h10-11,14-15H,2-9H2,1H3/t10-,11+/m0/s1. The molecule has 1 rings (SSSR count). The van der Waals surface area contributed by atoms with Crippen LogP contribution in [0.1, 0.15) is 26.2 Å². The minimum Gasteiger partial charge on any atom is -0.396 e. The van der Waals surface area contributed by atoms with E-state index in [1.807, 2.05) is 6.92 Å². The van der Waals surface area contributed by atoms with Gasteiger partial charge in [-0.3, -0.25) is 4.79 Å². The average molecular weight is 245 g/mol. The zero-order valence-electron chi connectivity index (χ0n) is 10.5. The molecule has 0 spiro atoms. The van der Waals surface area contributed by atoms with Crippen molar-refractivity contribution in [2.75, 3.05) is 32.9 Å². The molecule has 17 heavy (non-hydrogen) atoms. The van der Waals surface area contributed by atoms with E-state index in [1.165, 1.54) is 0 Å². The van der Waals surface area contributed by atoms with Crippen LogP contribution in [0.2, 0.25) is 0 Å². The Morgan fingerprint density at radius 3 is 2.59 bits per heavy atom. The van der Waals surface area contributed by atoms with Crippen LogP contribution in [0.5, 0.6) is 0 Å². The number of hydrogen-bond acceptors (Lipinski definition) is 4. The minimum absolute atomic E-state index is 0.142. The Balaban J connectivity index is 2.47. The van der Waals surface area contributed by atoms with Gasteiger partial charge in [0.2, 0.25) is 0 Å². The van der Waals surface area contributed by atoms with Crippen molar-refractivity contribution in [3.63, 3.8) is 0 Å². The second-order valence-corrected chi connectivity index (χ2v) is 4.47. The summed E-state index contributed by atoms with van der Waals surface area (Å²) in [5.74, 6) is -0.617. The van der Waals surface area contributed by atoms with Gasteiger partial charge in [-0.2, -0.15) is 0 Å². The second kappa shape index (κ2) is 7.63. The first-order valence-corrected chi connectivity index (χ1v) is 6.36. The van der Waals surface area contributed by atoms with E-state index in [9.17, 15) is 15.0 Å². The van der Waals surface area contributed by atoms with Crippen LogP contribution in [0.25, 0.3) is 0 Å². The Morgan fingerprint density at radius 1 is 1.41 bits per heavy atom. The molecule has 0 bridgehead atoms. The first kappa shape index (κ1) is 14.4. The summed E-state index contributed by atoms with van der Waals surface area (Å²) in [5.41, 5.74) is 0. The zero-order valence-corrected chi connectivity index (χ0v) is 10.5. The molecule has 1 fully saturated rings. The fourth-order valence-corrected chi connectivity index (χ4v) is 1.99. The Hall–Kier alpha value is -0.650. The molecule has 0 aromatic rings. The molecule has 0 aromatic carbocycles. The maximum atomic E-state index is 12.0. The van der Waals surface area contributed by atoms with Crippen LogP contribution in [0.3, 0.4) is 0 Å². The molecule has 100 valence electrons. The molecule has 0 unspecified atom stereocenters. The molecule has 1 aliphatic heterocycles. The van der Waals surface area contributed by atoms with Crippen LogP contribution in [0.15, 0.2) is 0 Å². The molecule has 1 aliphatic rings. The van der Waals surface area contributed by atoms with Crippen LogP contribution >= 0.6 is 0 Å². The summed E-state index contributed by atoms with van der Waals surface area (Å²) in [4.78, 5) is 13.6. The molecular weight excluding hydrogens is 222 g/mol. The number of aliphatic hydroxyl groups is 2. The average Bonchev–Trinajstić information content (AvgIpc) is 2.39. The first-order chi connectivity index (χ1) is 8.20. The molecule has 5 heteroatoms. The number of amides is 1. The smallest absolute Gasteiger partial charge is 0.251 e. The molecule has 0 aromatic heterocycles. The highest BCUT2D eigenvalue weighted by molar-refractivity contribution is 5.81. The van der Waals surface area contributed by atoms with Crippen LogP contribution in [-0.4, -0.2) is 60.0 Å². The van der Waals surface area contributed by atoms with Crippen molar-refractivity contribution >= 4 is 5.91 Å². The normalized spacial score (nSPS) is 20.1. The third kappa shape index (κ3) is 4.26. The lowest BCUT2D eigenvalue weighted by Gasteiger charge is -2.31. The lowest BCUT2D eigenvalue weighted by atomic mass is 9.96. The Kier molecular flexibility index (Phi) is 6.47. The third-order valence-electron chi connectivity index (χ3n) is 3.19. The summed E-state index contributed by atoms with van der Waals surface area (Å²) >= 11 is 0. The van der Waals surface area contributed by atoms with Crippen LogP contribution in [0.4, 0.5) is 0 Å². The minimum atomic E-state index is -1.08. The van der Waals surface area contributed by atoms with Gasteiger partial charge in [-0.15, -0.1) is 0 Å². The van der Waals surface area contributed by atoms with Crippen LogP contribution in [0, 0.1) is 5.92 Å². The monoisotopic (exact) mass is 245 g/mol. The number of ether oxygens (including phenoxy) is 1. The summed E-state index contributed by atoms with van der Waals surface area (Å²) in [5, 5.41) is 19.2. The number of unbranched alkanes of at least 4 members (excludes halogenated alkanes) is 1. The van der Waals surface area contributed by atoms with E-state index in [-0.39, 0.29) is 18.4 Å². The largest absolute Gasteiger partial charge is 0.396 e. The van der Waals surface area contributed by atoms with Gasteiger partial charge in [0.05, 0.1) is 13.2 Å². The van der Waals surface area contributed by atoms with E-state index in [2.05, 4.69) is 0 Å². The van der Waals surface area contributed by atoms with Gasteiger partial charge in [0, 0.05) is 25.6 Å². The topological polar surface area (TPSA) is 70.0 Å². The van der Waals surface area contributed by atoms with Crippen molar-refractivity contribution in [2.45, 2.75) is 32.3 Å². The Morgan fingerprint density at radius 2 is 2.06 bits per heavy atom. The van der Waals surface area contributed by atoms with Gasteiger partial charge in [-0.1, -0.05) is 19.8 Å². The number of carbonyl (C=O) groups is 1. The van der Waals surface area contributed by atoms with Gasteiger partial charge in [0.15, 0.2) is 0 Å². The van der Waals surface area contributed by atoms with Gasteiger partial charge in [0.25, 0.3) is 5.91 Å². The van der Waals surface area contributed by atoms with E-state index in [0.717, 1.165) is 12.8 Å². The number of carbonyl (C=O) groups excluding carboxylic acids is 1. The summed E-state index contributed by atoms with van der Waals surface area (Å²) in [6, 6.07) is 0. The molecule has 0 saturated carbocycles. The number of aliphatic hydroxyl groups excluding tert-OH is 2. The predicted molar refractivity (Wildman–Crippen MR) is 63.5 cm³/mol. The predicted octanol–water partition coefficient (Wildman–Crippen LogP) is 0.00480. The first-order valence-electron chi connectivity index (χ1n) is 6.36. The Labute approximate surface area is 102 Å². The molecule has 2 atom stereocenters. The number of morpholine rings is 1. The quantitative estimate of drug-likeness (QED) is 0.691. The van der Waals surface area contributed by atoms with E-state index in [0.29, 0.717) is 32.7 Å². The van der Waals surface area contributed by atoms with E-state index >= 15 is 0 Å². The highest BCUT2D eigenvalue weighted by Crippen LogP contribution is 2.15. The van der Waals surface area contributed by atoms with Crippen molar-refractivity contribution in [3.05, 3.63) is 0 Å². The van der Waals surface area contributed by atoms with Gasteiger partial charge in [-0.25, -0.2) is 0 Å². The Bertz CT molecular complexity index is 229. The fraction of sp³-hybridized carbons (Fsp3) is 0.917. The van der Waals surface area contributed by atoms with Gasteiger partial charge in [-0.05, 0) is 6.42 Å². The van der Waals surface area contributed by atoms with Crippen molar-refractivity contribution in [2.24, 2.45) is 5.92 Å². The number of hydrogen-bond donors (Lipinski definition) is 2. The summed E-state index contributed by atoms with van der Waals surface area (Å²) in [6.45, 7) is 4.01. The summed E-state index contributed by atoms with van der Waals surface area (Å²) in [7, 11) is 0. The third-order valence-corrected chi connectivity index (χ3v) is 3.19. The van der Waals surface area contributed by atoms with E-state index < -0.39 is 6.10 Å². The van der Waals surface area contributed by atoms with Crippen molar-refractivity contribution < 1.29 is 19.7 Å². The van der Waals surface area contributed by atoms with E-state index in [4.69, 9.17) is 4.74 Å². The van der Waals surface area contributed by atoms with Gasteiger partial charge >= 0.3 is 0 Å². The lowest BCUT2D eigenvalue weighted by molar-refractivity contribution is -0.148. The molecule has 1 heterocycles. The molecule has 1 amide bonds. The highest BCUT2D eigenvalue weighted by Gasteiger charge is 2.29. The zero-order chi connectivity index (χ0) is 12.7. The lowest BCUT2D eigenvalue weighted by Crippen LogP contribution is -2.48.